The molecule has 0 bridgehead atoms. The van der Waals surface area contributed by atoms with E-state index in [1.165, 1.54) is 34.9 Å². The topological polar surface area (TPSA) is 127 Å². The van der Waals surface area contributed by atoms with Crippen molar-refractivity contribution in [3.63, 3.8) is 0 Å². The van der Waals surface area contributed by atoms with E-state index in [0.717, 1.165) is 38.8 Å². The van der Waals surface area contributed by atoms with Crippen LogP contribution in [-0.4, -0.2) is 53.6 Å². The SMILES string of the molecule is N#CCC[NH+]1CCN(C2=NC(=O)/C(=C/c3ccc([O-])c([N+](=O)[O-])c3)S2)CC1. The van der Waals surface area contributed by atoms with Gasteiger partial charge in [0.1, 0.15) is 0 Å². The van der Waals surface area contributed by atoms with Gasteiger partial charge in [0.05, 0.1) is 55.0 Å². The van der Waals surface area contributed by atoms with Crippen LogP contribution in [0, 0.1) is 21.4 Å². The molecular formula is C17H17N5O4S. The molecule has 1 aromatic carbocycles. The zero-order valence-electron chi connectivity index (χ0n) is 14.4. The van der Waals surface area contributed by atoms with Crippen LogP contribution < -0.4 is 10.0 Å². The van der Waals surface area contributed by atoms with E-state index in [0.29, 0.717) is 22.1 Å². The Morgan fingerprint density at radius 1 is 1.41 bits per heavy atom. The molecule has 0 aliphatic carbocycles. The molecule has 1 N–H and O–H groups in total. The largest absolute Gasteiger partial charge is 0.868 e. The highest BCUT2D eigenvalue weighted by atomic mass is 32.2. The predicted octanol–water partition coefficient (Wildman–Crippen LogP) is -0.247. The summed E-state index contributed by atoms with van der Waals surface area (Å²) in [5.74, 6) is -1.05. The first kappa shape index (κ1) is 18.9. The summed E-state index contributed by atoms with van der Waals surface area (Å²) in [7, 11) is 0. The van der Waals surface area contributed by atoms with Gasteiger partial charge in [0.2, 0.25) is 0 Å². The molecule has 3 rings (SSSR count). The number of carbonyl (C=O) groups is 1. The fraction of sp³-hybridized carbons (Fsp3) is 0.353. The molecule has 0 unspecified atom stereocenters. The Hall–Kier alpha value is -2.90. The van der Waals surface area contributed by atoms with E-state index in [-0.39, 0.29) is 5.91 Å². The number of nitro benzene ring substituents is 1. The number of aliphatic imine (C=N–C) groups is 1. The molecule has 1 fully saturated rings. The highest BCUT2D eigenvalue weighted by Crippen LogP contribution is 2.32. The van der Waals surface area contributed by atoms with E-state index in [9.17, 15) is 20.0 Å². The highest BCUT2D eigenvalue weighted by Gasteiger charge is 2.29. The Morgan fingerprint density at radius 2 is 2.15 bits per heavy atom. The van der Waals surface area contributed by atoms with Gasteiger partial charge in [-0.15, -0.1) is 0 Å². The van der Waals surface area contributed by atoms with Gasteiger partial charge in [-0.25, -0.2) is 0 Å². The lowest BCUT2D eigenvalue weighted by atomic mass is 10.1. The number of nitrogens with zero attached hydrogens (tertiary/aromatic N) is 4. The summed E-state index contributed by atoms with van der Waals surface area (Å²) in [6.07, 6.45) is 2.05. The number of thioether (sulfide) groups is 1. The van der Waals surface area contributed by atoms with E-state index in [4.69, 9.17) is 5.26 Å². The van der Waals surface area contributed by atoms with Crippen LogP contribution in [0.15, 0.2) is 28.1 Å². The van der Waals surface area contributed by atoms with E-state index >= 15 is 0 Å². The van der Waals surface area contributed by atoms with Crippen LogP contribution in [0.4, 0.5) is 5.69 Å². The Labute approximate surface area is 159 Å². The van der Waals surface area contributed by atoms with Crippen molar-refractivity contribution in [2.75, 3.05) is 32.7 Å². The van der Waals surface area contributed by atoms with Crippen molar-refractivity contribution in [1.29, 1.82) is 5.26 Å². The van der Waals surface area contributed by atoms with Gasteiger partial charge in [0.25, 0.3) is 11.6 Å². The van der Waals surface area contributed by atoms with Crippen LogP contribution in [0.2, 0.25) is 0 Å². The lowest BCUT2D eigenvalue weighted by Crippen LogP contribution is -3.14. The third-order valence-electron chi connectivity index (χ3n) is 4.42. The second kappa shape index (κ2) is 8.20. The molecule has 10 heteroatoms. The Bertz CT molecular complexity index is 869. The Kier molecular flexibility index (Phi) is 5.73. The third-order valence-corrected chi connectivity index (χ3v) is 5.46. The maximum absolute atomic E-state index is 12.2. The van der Waals surface area contributed by atoms with Crippen LogP contribution in [0.25, 0.3) is 6.08 Å². The number of amides is 1. The summed E-state index contributed by atoms with van der Waals surface area (Å²) in [5, 5.41) is 31.7. The number of hydrogen-bond donors (Lipinski definition) is 1. The van der Waals surface area contributed by atoms with Crippen LogP contribution >= 0.6 is 11.8 Å². The minimum Gasteiger partial charge on any atom is -0.868 e. The van der Waals surface area contributed by atoms with Crippen LogP contribution in [0.3, 0.4) is 0 Å². The molecule has 2 aliphatic rings. The van der Waals surface area contributed by atoms with Gasteiger partial charge in [0, 0.05) is 6.07 Å². The van der Waals surface area contributed by atoms with Gasteiger partial charge in [-0.3, -0.25) is 14.9 Å². The zero-order chi connectivity index (χ0) is 19.4. The fourth-order valence-corrected chi connectivity index (χ4v) is 3.91. The Balaban J connectivity index is 1.66. The maximum atomic E-state index is 12.2. The second-order valence-corrected chi connectivity index (χ2v) is 7.20. The molecular weight excluding hydrogens is 370 g/mol. The molecule has 9 nitrogen and oxygen atoms in total. The summed E-state index contributed by atoms with van der Waals surface area (Å²) in [4.78, 5) is 30.2. The van der Waals surface area contributed by atoms with Gasteiger partial charge >= 0.3 is 0 Å². The summed E-state index contributed by atoms with van der Waals surface area (Å²) >= 11 is 1.24. The fourth-order valence-electron chi connectivity index (χ4n) is 2.95. The van der Waals surface area contributed by atoms with Gasteiger partial charge in [-0.05, 0) is 29.2 Å². The van der Waals surface area contributed by atoms with Crippen LogP contribution in [0.1, 0.15) is 12.0 Å². The number of amidine groups is 1. The van der Waals surface area contributed by atoms with Gasteiger partial charge in [-0.1, -0.05) is 12.1 Å². The van der Waals surface area contributed by atoms with Crippen LogP contribution in [-0.2, 0) is 4.79 Å². The predicted molar refractivity (Wildman–Crippen MR) is 97.9 cm³/mol. The second-order valence-electron chi connectivity index (χ2n) is 6.19. The average molecular weight is 387 g/mol. The molecule has 0 spiro atoms. The summed E-state index contributed by atoms with van der Waals surface area (Å²) < 4.78 is 0. The molecule has 0 radical (unpaired) electrons. The molecule has 27 heavy (non-hydrogen) atoms. The quantitative estimate of drug-likeness (QED) is 0.429. The molecule has 0 atom stereocenters. The monoisotopic (exact) mass is 387 g/mol. The molecule has 1 amide bonds. The number of carbonyl (C=O) groups excluding carboxylic acids is 1. The molecule has 2 heterocycles. The highest BCUT2D eigenvalue weighted by molar-refractivity contribution is 8.18. The zero-order valence-corrected chi connectivity index (χ0v) is 15.2. The third kappa shape index (κ3) is 4.45. The van der Waals surface area contributed by atoms with E-state index < -0.39 is 16.4 Å². The Morgan fingerprint density at radius 3 is 2.81 bits per heavy atom. The van der Waals surface area contributed by atoms with E-state index in [2.05, 4.69) is 11.1 Å². The summed E-state index contributed by atoms with van der Waals surface area (Å²) in [6, 6.07) is 5.89. The smallest absolute Gasteiger partial charge is 0.286 e. The number of nitriles is 1. The van der Waals surface area contributed by atoms with Gasteiger partial charge < -0.3 is 14.9 Å². The standard InChI is InChI=1S/C17H17N5O4S/c18-4-1-5-20-6-8-21(9-7-20)17-19-16(24)15(27-17)11-12-2-3-14(23)13(10-12)22(25)26/h2-3,10-11,23H,1,5-9H2/b15-11-. The number of nitro groups is 1. The number of piperazine rings is 1. The minimum absolute atomic E-state index is 0.372. The normalized spacial score (nSPS) is 19.2. The van der Waals surface area contributed by atoms with Crippen molar-refractivity contribution in [2.45, 2.75) is 6.42 Å². The number of benzene rings is 1. The van der Waals surface area contributed by atoms with Crippen molar-refractivity contribution in [2.24, 2.45) is 4.99 Å². The molecule has 0 aromatic heterocycles. The first-order chi connectivity index (χ1) is 13.0. The first-order valence-electron chi connectivity index (χ1n) is 8.41. The van der Waals surface area contributed by atoms with Gasteiger partial charge in [-0.2, -0.15) is 10.3 Å². The number of nitrogens with one attached hydrogen (secondary N) is 1. The van der Waals surface area contributed by atoms with Crippen molar-refractivity contribution in [3.8, 4) is 11.8 Å². The van der Waals surface area contributed by atoms with E-state index in [1.807, 2.05) is 4.90 Å². The molecule has 2 aliphatic heterocycles. The van der Waals surface area contributed by atoms with Gasteiger partial charge in [0.15, 0.2) is 5.17 Å². The number of hydrogen-bond acceptors (Lipinski definition) is 7. The van der Waals surface area contributed by atoms with E-state index in [1.54, 1.807) is 0 Å². The van der Waals surface area contributed by atoms with Crippen molar-refractivity contribution >= 4 is 34.6 Å². The average Bonchev–Trinajstić information content (AvgIpc) is 3.02. The molecule has 1 saturated heterocycles. The maximum Gasteiger partial charge on any atom is 0.286 e. The first-order valence-corrected chi connectivity index (χ1v) is 9.23. The minimum atomic E-state index is -0.732. The van der Waals surface area contributed by atoms with Crippen molar-refractivity contribution in [3.05, 3.63) is 38.8 Å². The van der Waals surface area contributed by atoms with Crippen LogP contribution in [0.5, 0.6) is 5.75 Å². The lowest BCUT2D eigenvalue weighted by molar-refractivity contribution is -0.903. The molecule has 0 saturated carbocycles. The van der Waals surface area contributed by atoms with Crippen molar-refractivity contribution < 1.29 is 19.7 Å². The molecule has 1 aromatic rings. The van der Waals surface area contributed by atoms with Crippen molar-refractivity contribution in [1.82, 2.24) is 4.90 Å². The number of rotatable bonds is 4. The number of quaternary nitrogens is 1. The summed E-state index contributed by atoms with van der Waals surface area (Å²) in [6.45, 7) is 4.09. The molecule has 140 valence electrons. The summed E-state index contributed by atoms with van der Waals surface area (Å²) in [5.41, 5.74) is -0.100. The lowest BCUT2D eigenvalue weighted by Gasteiger charge is -2.32.